The number of phenols is 3. The number of ether oxygens (including phenoxy) is 1. The Kier molecular flexibility index (Phi) is 4.52. The van der Waals surface area contributed by atoms with Crippen LogP contribution in [-0.4, -0.2) is 51.8 Å². The summed E-state index contributed by atoms with van der Waals surface area (Å²) in [5.41, 5.74) is -0.144. The molecule has 0 spiro atoms. The number of benzene rings is 1. The zero-order chi connectivity index (χ0) is 15.4. The lowest BCUT2D eigenvalue weighted by atomic mass is 10.1. The molecule has 2 rings (SSSR count). The molecule has 3 N–H and O–H groups in total. The summed E-state index contributed by atoms with van der Waals surface area (Å²) in [6, 6.07) is 1.92. The van der Waals surface area contributed by atoms with E-state index in [1.165, 1.54) is 0 Å². The third-order valence-corrected chi connectivity index (χ3v) is 3.34. The average molecular weight is 295 g/mol. The van der Waals surface area contributed by atoms with Crippen molar-refractivity contribution in [2.45, 2.75) is 19.3 Å². The predicted octanol–water partition coefficient (Wildman–Crippen LogP) is 0.973. The fraction of sp³-hybridized carbons (Fsp3) is 0.429. The van der Waals surface area contributed by atoms with Crippen LogP contribution in [0.1, 0.15) is 29.6 Å². The molecule has 1 aliphatic heterocycles. The average Bonchev–Trinajstić information content (AvgIpc) is 2.50. The van der Waals surface area contributed by atoms with E-state index in [4.69, 9.17) is 4.74 Å². The number of amides is 1. The Balaban J connectivity index is 1.94. The molecule has 7 nitrogen and oxygen atoms in total. The Morgan fingerprint density at radius 2 is 1.62 bits per heavy atom. The summed E-state index contributed by atoms with van der Waals surface area (Å²) in [5.74, 6) is -3.11. The molecule has 0 bridgehead atoms. The smallest absolute Gasteiger partial charge is 0.338 e. The van der Waals surface area contributed by atoms with Crippen LogP contribution in [-0.2, 0) is 9.53 Å². The first-order valence-electron chi connectivity index (χ1n) is 6.69. The molecule has 0 saturated carbocycles. The quantitative estimate of drug-likeness (QED) is 0.566. The number of esters is 1. The summed E-state index contributed by atoms with van der Waals surface area (Å²) >= 11 is 0. The molecule has 0 unspecified atom stereocenters. The van der Waals surface area contributed by atoms with Gasteiger partial charge in [-0.2, -0.15) is 0 Å². The monoisotopic (exact) mass is 295 g/mol. The zero-order valence-electron chi connectivity index (χ0n) is 11.4. The van der Waals surface area contributed by atoms with E-state index in [0.717, 1.165) is 31.4 Å². The predicted molar refractivity (Wildman–Crippen MR) is 72.1 cm³/mol. The van der Waals surface area contributed by atoms with Gasteiger partial charge in [0.15, 0.2) is 23.9 Å². The number of carbonyl (C=O) groups is 2. The van der Waals surface area contributed by atoms with Gasteiger partial charge in [-0.1, -0.05) is 0 Å². The summed E-state index contributed by atoms with van der Waals surface area (Å²) in [6.45, 7) is 0.940. The van der Waals surface area contributed by atoms with Gasteiger partial charge in [-0.05, 0) is 31.4 Å². The first kappa shape index (κ1) is 15.0. The summed E-state index contributed by atoms with van der Waals surface area (Å²) in [6.07, 6.45) is 2.98. The van der Waals surface area contributed by atoms with E-state index in [9.17, 15) is 24.9 Å². The Labute approximate surface area is 121 Å². The van der Waals surface area contributed by atoms with Crippen molar-refractivity contribution in [1.29, 1.82) is 0 Å². The van der Waals surface area contributed by atoms with E-state index < -0.39 is 23.2 Å². The Morgan fingerprint density at radius 1 is 1.05 bits per heavy atom. The third-order valence-electron chi connectivity index (χ3n) is 3.34. The topological polar surface area (TPSA) is 107 Å². The number of aromatic hydroxyl groups is 3. The molecule has 7 heteroatoms. The van der Waals surface area contributed by atoms with Crippen LogP contribution >= 0.6 is 0 Å². The third kappa shape index (κ3) is 3.56. The number of piperidine rings is 1. The van der Waals surface area contributed by atoms with Crippen molar-refractivity contribution >= 4 is 11.9 Å². The van der Waals surface area contributed by atoms with E-state index >= 15 is 0 Å². The highest BCUT2D eigenvalue weighted by molar-refractivity contribution is 5.92. The molecule has 1 aliphatic rings. The fourth-order valence-electron chi connectivity index (χ4n) is 2.17. The van der Waals surface area contributed by atoms with Gasteiger partial charge in [0, 0.05) is 13.1 Å². The second kappa shape index (κ2) is 6.34. The van der Waals surface area contributed by atoms with E-state index in [1.807, 2.05) is 0 Å². The molecule has 1 fully saturated rings. The van der Waals surface area contributed by atoms with Crippen LogP contribution in [0.15, 0.2) is 12.1 Å². The van der Waals surface area contributed by atoms with Crippen molar-refractivity contribution in [3.8, 4) is 17.2 Å². The molecule has 1 saturated heterocycles. The second-order valence-corrected chi connectivity index (χ2v) is 4.88. The second-order valence-electron chi connectivity index (χ2n) is 4.88. The van der Waals surface area contributed by atoms with Crippen molar-refractivity contribution in [2.24, 2.45) is 0 Å². The molecule has 21 heavy (non-hydrogen) atoms. The first-order valence-corrected chi connectivity index (χ1v) is 6.69. The summed E-state index contributed by atoms with van der Waals surface area (Å²) < 4.78 is 4.86. The van der Waals surface area contributed by atoms with E-state index in [2.05, 4.69) is 0 Å². The summed E-state index contributed by atoms with van der Waals surface area (Å²) in [5, 5.41) is 27.8. The molecule has 114 valence electrons. The van der Waals surface area contributed by atoms with Crippen LogP contribution in [0.5, 0.6) is 17.2 Å². The van der Waals surface area contributed by atoms with Crippen LogP contribution in [0.25, 0.3) is 0 Å². The molecule has 0 aliphatic carbocycles. The lowest BCUT2D eigenvalue weighted by Gasteiger charge is -2.26. The number of likely N-dealkylation sites (tertiary alicyclic amines) is 1. The largest absolute Gasteiger partial charge is 0.504 e. The minimum absolute atomic E-state index is 0.144. The van der Waals surface area contributed by atoms with Crippen molar-refractivity contribution in [1.82, 2.24) is 4.90 Å². The van der Waals surface area contributed by atoms with E-state index in [-0.39, 0.29) is 18.1 Å². The molecular weight excluding hydrogens is 278 g/mol. The van der Waals surface area contributed by atoms with Gasteiger partial charge in [0.1, 0.15) is 0 Å². The van der Waals surface area contributed by atoms with Gasteiger partial charge < -0.3 is 25.0 Å². The Hall–Kier alpha value is -2.44. The van der Waals surface area contributed by atoms with Crippen molar-refractivity contribution < 1.29 is 29.6 Å². The molecule has 1 heterocycles. The molecule has 1 aromatic rings. The van der Waals surface area contributed by atoms with Crippen LogP contribution in [0, 0.1) is 0 Å². The highest BCUT2D eigenvalue weighted by atomic mass is 16.5. The number of phenolic OH excluding ortho intramolecular Hbond substituents is 3. The summed E-state index contributed by atoms with van der Waals surface area (Å²) in [7, 11) is 0. The van der Waals surface area contributed by atoms with Crippen LogP contribution in [0.3, 0.4) is 0 Å². The number of carbonyl (C=O) groups excluding carboxylic acids is 2. The van der Waals surface area contributed by atoms with Gasteiger partial charge in [0.05, 0.1) is 5.56 Å². The molecule has 0 aromatic heterocycles. The number of hydrogen-bond acceptors (Lipinski definition) is 6. The van der Waals surface area contributed by atoms with Crippen LogP contribution in [0.4, 0.5) is 0 Å². The Bertz CT molecular complexity index is 527. The van der Waals surface area contributed by atoms with Crippen LogP contribution < -0.4 is 0 Å². The van der Waals surface area contributed by atoms with Gasteiger partial charge in [-0.3, -0.25) is 4.79 Å². The van der Waals surface area contributed by atoms with Gasteiger partial charge in [0.25, 0.3) is 5.91 Å². The minimum atomic E-state index is -0.856. The number of hydrogen-bond donors (Lipinski definition) is 3. The lowest BCUT2D eigenvalue weighted by Crippen LogP contribution is -2.38. The molecule has 1 aromatic carbocycles. The lowest BCUT2D eigenvalue weighted by molar-refractivity contribution is -0.135. The first-order chi connectivity index (χ1) is 9.99. The zero-order valence-corrected chi connectivity index (χ0v) is 11.4. The van der Waals surface area contributed by atoms with Crippen LogP contribution in [0.2, 0.25) is 0 Å². The molecule has 0 radical (unpaired) electrons. The fourth-order valence-corrected chi connectivity index (χ4v) is 2.17. The van der Waals surface area contributed by atoms with Gasteiger partial charge in [-0.15, -0.1) is 0 Å². The maximum atomic E-state index is 11.8. The van der Waals surface area contributed by atoms with E-state index in [1.54, 1.807) is 4.90 Å². The SMILES string of the molecule is O=C(OCC(=O)N1CCCCC1)c1cc(O)c(O)c(O)c1. The molecular formula is C14H17NO6. The number of nitrogens with zero attached hydrogens (tertiary/aromatic N) is 1. The van der Waals surface area contributed by atoms with Crippen molar-refractivity contribution in [3.63, 3.8) is 0 Å². The normalized spacial score (nSPS) is 14.8. The molecule has 0 atom stereocenters. The van der Waals surface area contributed by atoms with Crippen molar-refractivity contribution in [2.75, 3.05) is 19.7 Å². The maximum absolute atomic E-state index is 11.8. The summed E-state index contributed by atoms with van der Waals surface area (Å²) in [4.78, 5) is 25.2. The van der Waals surface area contributed by atoms with Gasteiger partial charge >= 0.3 is 5.97 Å². The maximum Gasteiger partial charge on any atom is 0.338 e. The Morgan fingerprint density at radius 3 is 2.19 bits per heavy atom. The van der Waals surface area contributed by atoms with Gasteiger partial charge in [0.2, 0.25) is 0 Å². The molecule has 1 amide bonds. The van der Waals surface area contributed by atoms with Crippen molar-refractivity contribution in [3.05, 3.63) is 17.7 Å². The van der Waals surface area contributed by atoms with Gasteiger partial charge in [-0.25, -0.2) is 4.79 Å². The number of rotatable bonds is 3. The van der Waals surface area contributed by atoms with E-state index in [0.29, 0.717) is 13.1 Å². The minimum Gasteiger partial charge on any atom is -0.504 e. The highest BCUT2D eigenvalue weighted by Gasteiger charge is 2.19. The highest BCUT2D eigenvalue weighted by Crippen LogP contribution is 2.35. The standard InChI is InChI=1S/C14H17NO6/c16-10-6-9(7-11(17)13(10)19)14(20)21-8-12(18)15-4-2-1-3-5-15/h6-7,16-17,19H,1-5,8H2.